The number of hydrogen-bond acceptors (Lipinski definition) is 10. The first-order valence-electron chi connectivity index (χ1n) is 22.5. The van der Waals surface area contributed by atoms with E-state index in [1.165, 1.54) is 6.92 Å². The van der Waals surface area contributed by atoms with Crippen molar-refractivity contribution in [2.45, 2.75) is 147 Å². The maximum absolute atomic E-state index is 14.4. The monoisotopic (exact) mass is 980 g/mol. The Morgan fingerprint density at radius 1 is 0.612 bits per heavy atom. The van der Waals surface area contributed by atoms with Crippen molar-refractivity contribution in [1.82, 2.24) is 31.9 Å². The van der Waals surface area contributed by atoms with Crippen LogP contribution in [0.5, 0.6) is 0 Å². The molecule has 6 atom stereocenters. The predicted octanol–water partition coefficient (Wildman–Crippen LogP) is -0.661. The number of hydrogen-bond donors (Lipinski definition) is 12. The normalized spacial score (nSPS) is 15.3. The van der Waals surface area contributed by atoms with E-state index in [0.29, 0.717) is 10.6 Å². The number of primary amides is 2. The topological polar surface area (TPSA) is 390 Å². The summed E-state index contributed by atoms with van der Waals surface area (Å²) in [6.45, 7) is 5.12. The van der Waals surface area contributed by atoms with Crippen LogP contribution in [0, 0.1) is 11.8 Å². The molecule has 24 heteroatoms. The Kier molecular flexibility index (Phi) is 25.4. The lowest BCUT2D eigenvalue weighted by atomic mass is 9.84. The highest BCUT2D eigenvalue weighted by atomic mass is 35.5. The fourth-order valence-corrected chi connectivity index (χ4v) is 7.84. The minimum atomic E-state index is -1.38. The van der Waals surface area contributed by atoms with Crippen LogP contribution in [0.1, 0.15) is 110 Å². The van der Waals surface area contributed by atoms with Crippen LogP contribution in [0.25, 0.3) is 0 Å². The van der Waals surface area contributed by atoms with Gasteiger partial charge in [0, 0.05) is 32.9 Å². The molecule has 0 aromatic heterocycles. The van der Waals surface area contributed by atoms with Crippen LogP contribution in [0.3, 0.4) is 0 Å². The fraction of sp³-hybridized carbons (Fsp3) is 0.628. The third-order valence-corrected chi connectivity index (χ3v) is 11.6. The maximum atomic E-state index is 14.4. The van der Waals surface area contributed by atoms with Gasteiger partial charge in [0.05, 0.1) is 10.0 Å². The Balaban J connectivity index is 2.45. The van der Waals surface area contributed by atoms with E-state index in [9.17, 15) is 38.4 Å². The Morgan fingerprint density at radius 3 is 1.55 bits per heavy atom. The number of nitrogens with zero attached hydrogens (tertiary/aromatic N) is 2. The maximum Gasteiger partial charge on any atom is 0.243 e. The largest absolute Gasteiger partial charge is 0.370 e. The lowest BCUT2D eigenvalue weighted by molar-refractivity contribution is -0.136. The number of rotatable bonds is 29. The van der Waals surface area contributed by atoms with Gasteiger partial charge in [-0.1, -0.05) is 75.2 Å². The predicted molar refractivity (Wildman–Crippen MR) is 256 cm³/mol. The summed E-state index contributed by atoms with van der Waals surface area (Å²) >= 11 is 12.2. The molecule has 2 rings (SSSR count). The number of aliphatic imine (C=N–C) groups is 2. The Bertz CT molecular complexity index is 1920. The number of carbonyl (C=O) groups excluding carboxylic acids is 8. The molecule has 0 aliphatic heterocycles. The Hall–Kier alpha value is -5.90. The molecule has 8 amide bonds. The quantitative estimate of drug-likeness (QED) is 0.0271. The molecular formula is C43H70Cl2N14O8. The van der Waals surface area contributed by atoms with Crippen molar-refractivity contribution in [2.24, 2.45) is 56.2 Å². The van der Waals surface area contributed by atoms with Crippen LogP contribution >= 0.6 is 23.2 Å². The van der Waals surface area contributed by atoms with Crippen LogP contribution in [0.15, 0.2) is 28.2 Å². The molecule has 374 valence electrons. The van der Waals surface area contributed by atoms with Gasteiger partial charge in [0.2, 0.25) is 47.3 Å². The number of carbonyl (C=O) groups is 8. The van der Waals surface area contributed by atoms with Gasteiger partial charge in [-0.25, -0.2) is 0 Å². The number of halogens is 2. The molecule has 0 radical (unpaired) electrons. The van der Waals surface area contributed by atoms with Crippen molar-refractivity contribution in [1.29, 1.82) is 0 Å². The van der Waals surface area contributed by atoms with E-state index >= 15 is 0 Å². The van der Waals surface area contributed by atoms with E-state index in [-0.39, 0.29) is 99.7 Å². The highest BCUT2D eigenvalue weighted by Gasteiger charge is 2.35. The zero-order chi connectivity index (χ0) is 50.2. The summed E-state index contributed by atoms with van der Waals surface area (Å²) in [6, 6.07) is -2.70. The van der Waals surface area contributed by atoms with Crippen LogP contribution in [0.4, 0.5) is 0 Å². The van der Waals surface area contributed by atoms with E-state index in [1.54, 1.807) is 18.2 Å². The number of benzene rings is 1. The van der Waals surface area contributed by atoms with Crippen molar-refractivity contribution in [3.8, 4) is 0 Å². The van der Waals surface area contributed by atoms with Gasteiger partial charge in [0.25, 0.3) is 0 Å². The number of nitrogens with one attached hydrogen (secondary N) is 6. The van der Waals surface area contributed by atoms with Crippen LogP contribution in [-0.4, -0.2) is 109 Å². The van der Waals surface area contributed by atoms with Gasteiger partial charge >= 0.3 is 0 Å². The number of amides is 8. The van der Waals surface area contributed by atoms with E-state index in [2.05, 4.69) is 41.9 Å². The summed E-state index contributed by atoms with van der Waals surface area (Å²) < 4.78 is 0. The van der Waals surface area contributed by atoms with Crippen molar-refractivity contribution in [2.75, 3.05) is 13.1 Å². The van der Waals surface area contributed by atoms with E-state index < -0.39 is 83.5 Å². The molecule has 0 saturated heterocycles. The molecule has 1 fully saturated rings. The van der Waals surface area contributed by atoms with E-state index in [1.807, 2.05) is 13.8 Å². The summed E-state index contributed by atoms with van der Waals surface area (Å²) in [5.41, 5.74) is 33.5. The first kappa shape index (κ1) is 57.2. The summed E-state index contributed by atoms with van der Waals surface area (Å²) in [5.74, 6) is -6.35. The first-order valence-corrected chi connectivity index (χ1v) is 23.2. The molecule has 0 heterocycles. The molecule has 1 aromatic carbocycles. The second-order valence-corrected chi connectivity index (χ2v) is 18.0. The smallest absolute Gasteiger partial charge is 0.243 e. The molecule has 1 aliphatic rings. The zero-order valence-electron chi connectivity index (χ0n) is 38.5. The van der Waals surface area contributed by atoms with Crippen LogP contribution < -0.4 is 66.3 Å². The standard InChI is InChI=1S/C43H70Cl2N14O8/c1-23(2)19-33(40(66)57-32(36(47)62)22-26-13-14-27(44)28(45)20-26)58-38(64)30(12-8-18-53-43(50)51)55-41(67)34(21-25-9-5-4-6-10-25)59-39(65)31(15-16-35(46)61)56-37(63)29(54-24(3)60)11-7-17-52-42(48)49/h13-14,20,23,25,29-34H,4-12,15-19,21-22H2,1-3H3,(H2,46,61)(H2,47,62)(H,54,60)(H,55,67)(H,56,63)(H,57,66)(H,58,64)(H,59,65)(H4,48,49,52)(H4,50,51,53)/t29-,30-,31-,32-,33-,34-/m0/s1. The lowest BCUT2D eigenvalue weighted by Crippen LogP contribution is -2.60. The van der Waals surface area contributed by atoms with Gasteiger partial charge in [-0.2, -0.15) is 0 Å². The molecule has 18 N–H and O–H groups in total. The van der Waals surface area contributed by atoms with Gasteiger partial charge in [0.15, 0.2) is 11.9 Å². The molecule has 67 heavy (non-hydrogen) atoms. The summed E-state index contributed by atoms with van der Waals surface area (Å²) in [4.78, 5) is 115. The number of guanidine groups is 2. The van der Waals surface area contributed by atoms with Gasteiger partial charge < -0.3 is 66.3 Å². The van der Waals surface area contributed by atoms with Crippen molar-refractivity contribution >= 4 is 82.4 Å². The Morgan fingerprint density at radius 2 is 1.07 bits per heavy atom. The van der Waals surface area contributed by atoms with Gasteiger partial charge in [-0.05, 0) is 74.5 Å². The molecule has 22 nitrogen and oxygen atoms in total. The third-order valence-electron chi connectivity index (χ3n) is 10.9. The molecule has 0 unspecified atom stereocenters. The fourth-order valence-electron chi connectivity index (χ4n) is 7.52. The summed E-state index contributed by atoms with van der Waals surface area (Å²) in [5, 5.41) is 16.6. The average molecular weight is 982 g/mol. The van der Waals surface area contributed by atoms with Crippen LogP contribution in [0.2, 0.25) is 10.0 Å². The molecule has 0 bridgehead atoms. The number of nitrogens with two attached hydrogens (primary N) is 6. The van der Waals surface area contributed by atoms with Crippen molar-refractivity contribution in [3.05, 3.63) is 33.8 Å². The zero-order valence-corrected chi connectivity index (χ0v) is 40.1. The van der Waals surface area contributed by atoms with Gasteiger partial charge in [0.1, 0.15) is 36.3 Å². The summed E-state index contributed by atoms with van der Waals surface area (Å²) in [6.07, 6.45) is 4.62. The highest BCUT2D eigenvalue weighted by molar-refractivity contribution is 6.42. The third kappa shape index (κ3) is 22.9. The SMILES string of the molecule is CC(=O)N[C@@H](CCCN=C(N)N)C(=O)N[C@@H](CCC(N)=O)C(=O)N[C@@H](CC1CCCCC1)C(=O)N[C@@H](CCCN=C(N)N)C(=O)N[C@@H](CC(C)C)C(=O)N[C@@H](Cc1ccc(Cl)c(Cl)c1)C(N)=O. The molecule has 1 aliphatic carbocycles. The van der Waals surface area contributed by atoms with Crippen LogP contribution in [-0.2, 0) is 44.8 Å². The van der Waals surface area contributed by atoms with Gasteiger partial charge in [-0.15, -0.1) is 0 Å². The van der Waals surface area contributed by atoms with Crippen molar-refractivity contribution in [3.63, 3.8) is 0 Å². The minimum Gasteiger partial charge on any atom is -0.370 e. The molecular weight excluding hydrogens is 911 g/mol. The minimum absolute atomic E-state index is 0.00758. The van der Waals surface area contributed by atoms with E-state index in [0.717, 1.165) is 32.1 Å². The Labute approximate surface area is 401 Å². The second kappa shape index (κ2) is 29.7. The molecule has 1 saturated carbocycles. The first-order chi connectivity index (χ1) is 31.6. The highest BCUT2D eigenvalue weighted by Crippen LogP contribution is 2.28. The second-order valence-electron chi connectivity index (χ2n) is 17.2. The van der Waals surface area contributed by atoms with Crippen molar-refractivity contribution < 1.29 is 38.4 Å². The van der Waals surface area contributed by atoms with Gasteiger partial charge in [-0.3, -0.25) is 48.3 Å². The summed E-state index contributed by atoms with van der Waals surface area (Å²) in [7, 11) is 0. The van der Waals surface area contributed by atoms with E-state index in [4.69, 9.17) is 57.6 Å². The lowest BCUT2D eigenvalue weighted by Gasteiger charge is -2.30. The average Bonchev–Trinajstić information content (AvgIpc) is 3.24. The molecule has 1 aromatic rings. The molecule has 0 spiro atoms.